The van der Waals surface area contributed by atoms with Crippen LogP contribution in [0, 0.1) is 0 Å². The van der Waals surface area contributed by atoms with Crippen LogP contribution in [-0.2, 0) is 0 Å². The van der Waals surface area contributed by atoms with E-state index in [4.69, 9.17) is 11.5 Å². The summed E-state index contributed by atoms with van der Waals surface area (Å²) >= 11 is 0. The first-order chi connectivity index (χ1) is 11.6. The minimum absolute atomic E-state index is 0.0558. The van der Waals surface area contributed by atoms with Crippen LogP contribution >= 0.6 is 0 Å². The molecule has 0 heterocycles. The highest BCUT2D eigenvalue weighted by Crippen LogP contribution is 2.48. The van der Waals surface area contributed by atoms with Gasteiger partial charge in [-0.1, -0.05) is 48.5 Å². The molecule has 4 rings (SSSR count). The smallest absolute Gasteiger partial charge is 0.147 e. The normalized spacial score (nSPS) is 11.2. The van der Waals surface area contributed by atoms with E-state index in [1.54, 1.807) is 12.1 Å². The summed E-state index contributed by atoms with van der Waals surface area (Å²) in [6, 6.07) is 18.6. The number of nitrogen functional groups attached to an aromatic ring is 2. The SMILES string of the molecule is Nc1cc2ccccc2c(-c2c(O)c(N)cc3ccccc23)c1O. The number of anilines is 2. The number of hydrogen-bond donors (Lipinski definition) is 4. The summed E-state index contributed by atoms with van der Waals surface area (Å²) < 4.78 is 0. The van der Waals surface area contributed by atoms with E-state index in [0.717, 1.165) is 21.5 Å². The van der Waals surface area contributed by atoms with E-state index in [1.165, 1.54) is 0 Å². The van der Waals surface area contributed by atoms with Gasteiger partial charge in [0.15, 0.2) is 0 Å². The van der Waals surface area contributed by atoms with E-state index in [0.29, 0.717) is 11.1 Å². The lowest BCUT2D eigenvalue weighted by Crippen LogP contribution is -1.94. The van der Waals surface area contributed by atoms with Crippen LogP contribution in [0.4, 0.5) is 11.4 Å². The number of fused-ring (bicyclic) bond motifs is 2. The Hall–Kier alpha value is -3.40. The molecule has 0 unspecified atom stereocenters. The van der Waals surface area contributed by atoms with Crippen LogP contribution in [0.1, 0.15) is 0 Å². The Kier molecular flexibility index (Phi) is 3.00. The molecule has 4 aromatic carbocycles. The molecule has 0 aliphatic carbocycles. The lowest BCUT2D eigenvalue weighted by atomic mass is 9.91. The monoisotopic (exact) mass is 316 g/mol. The first kappa shape index (κ1) is 14.2. The van der Waals surface area contributed by atoms with Gasteiger partial charge in [0.05, 0.1) is 11.4 Å². The molecule has 0 fully saturated rings. The Morgan fingerprint density at radius 2 is 0.958 bits per heavy atom. The van der Waals surface area contributed by atoms with Gasteiger partial charge in [0, 0.05) is 11.1 Å². The van der Waals surface area contributed by atoms with Crippen molar-refractivity contribution in [1.82, 2.24) is 0 Å². The number of phenolic OH excluding ortho intramolecular Hbond substituents is 2. The molecule has 4 heteroatoms. The molecule has 118 valence electrons. The van der Waals surface area contributed by atoms with Gasteiger partial charge in [0.1, 0.15) is 11.5 Å². The molecule has 0 saturated carbocycles. The minimum atomic E-state index is -0.0558. The zero-order valence-electron chi connectivity index (χ0n) is 12.8. The number of aromatic hydroxyl groups is 2. The Bertz CT molecular complexity index is 1010. The molecule has 24 heavy (non-hydrogen) atoms. The highest BCUT2D eigenvalue weighted by atomic mass is 16.3. The van der Waals surface area contributed by atoms with Crippen LogP contribution < -0.4 is 11.5 Å². The number of rotatable bonds is 1. The summed E-state index contributed by atoms with van der Waals surface area (Å²) in [7, 11) is 0. The van der Waals surface area contributed by atoms with Crippen LogP contribution in [0.2, 0.25) is 0 Å². The van der Waals surface area contributed by atoms with E-state index in [1.807, 2.05) is 48.5 Å². The molecule has 0 spiro atoms. The van der Waals surface area contributed by atoms with Crippen LogP contribution in [0.5, 0.6) is 11.5 Å². The number of nitrogens with two attached hydrogens (primary N) is 2. The predicted molar refractivity (Wildman–Crippen MR) is 99.0 cm³/mol. The average molecular weight is 316 g/mol. The van der Waals surface area contributed by atoms with Crippen molar-refractivity contribution in [3.05, 3.63) is 60.7 Å². The van der Waals surface area contributed by atoms with Crippen LogP contribution in [0.3, 0.4) is 0 Å². The van der Waals surface area contributed by atoms with Crippen molar-refractivity contribution in [3.8, 4) is 22.6 Å². The van der Waals surface area contributed by atoms with Crippen molar-refractivity contribution in [2.45, 2.75) is 0 Å². The fourth-order valence-electron chi connectivity index (χ4n) is 3.22. The lowest BCUT2D eigenvalue weighted by Gasteiger charge is -2.16. The van der Waals surface area contributed by atoms with Crippen molar-refractivity contribution < 1.29 is 10.2 Å². The van der Waals surface area contributed by atoms with Crippen molar-refractivity contribution in [1.29, 1.82) is 0 Å². The number of hydrogen-bond acceptors (Lipinski definition) is 4. The molecule has 0 radical (unpaired) electrons. The maximum atomic E-state index is 10.6. The Morgan fingerprint density at radius 3 is 1.38 bits per heavy atom. The summed E-state index contributed by atoms with van der Waals surface area (Å²) in [5.74, 6) is -0.112. The Labute approximate surface area is 138 Å². The van der Waals surface area contributed by atoms with Gasteiger partial charge in [-0.3, -0.25) is 0 Å². The van der Waals surface area contributed by atoms with Gasteiger partial charge in [-0.2, -0.15) is 0 Å². The molecule has 0 atom stereocenters. The molecule has 0 aliphatic heterocycles. The largest absolute Gasteiger partial charge is 0.505 e. The van der Waals surface area contributed by atoms with E-state index in [9.17, 15) is 10.2 Å². The molecular weight excluding hydrogens is 300 g/mol. The molecule has 0 amide bonds. The fraction of sp³-hybridized carbons (Fsp3) is 0. The summed E-state index contributed by atoms with van der Waals surface area (Å²) in [5, 5.41) is 24.7. The molecule has 0 aromatic heterocycles. The molecule has 0 saturated heterocycles. The fourth-order valence-corrected chi connectivity index (χ4v) is 3.22. The van der Waals surface area contributed by atoms with Crippen molar-refractivity contribution in [2.24, 2.45) is 0 Å². The van der Waals surface area contributed by atoms with Crippen LogP contribution in [-0.4, -0.2) is 10.2 Å². The number of benzene rings is 4. The zero-order valence-corrected chi connectivity index (χ0v) is 12.8. The van der Waals surface area contributed by atoms with E-state index in [2.05, 4.69) is 0 Å². The first-order valence-corrected chi connectivity index (χ1v) is 7.58. The average Bonchev–Trinajstić information content (AvgIpc) is 2.58. The van der Waals surface area contributed by atoms with Gasteiger partial charge in [0.2, 0.25) is 0 Å². The second kappa shape index (κ2) is 5.06. The van der Waals surface area contributed by atoms with Gasteiger partial charge in [-0.25, -0.2) is 0 Å². The molecule has 6 N–H and O–H groups in total. The molecule has 4 nitrogen and oxygen atoms in total. The Balaban J connectivity index is 2.26. The van der Waals surface area contributed by atoms with Crippen molar-refractivity contribution >= 4 is 32.9 Å². The van der Waals surface area contributed by atoms with Gasteiger partial charge in [-0.15, -0.1) is 0 Å². The van der Waals surface area contributed by atoms with Crippen molar-refractivity contribution in [2.75, 3.05) is 11.5 Å². The standard InChI is InChI=1S/C20H16N2O2/c21-15-9-11-5-1-3-7-13(11)17(19(15)23)18-14-8-4-2-6-12(14)10-16(22)20(18)24/h1-10,23-24H,21-22H2. The van der Waals surface area contributed by atoms with E-state index < -0.39 is 0 Å². The van der Waals surface area contributed by atoms with Crippen molar-refractivity contribution in [3.63, 3.8) is 0 Å². The third-order valence-corrected chi connectivity index (χ3v) is 4.35. The van der Waals surface area contributed by atoms with Crippen LogP contribution in [0.25, 0.3) is 32.7 Å². The molecular formula is C20H16N2O2. The van der Waals surface area contributed by atoms with Gasteiger partial charge in [-0.05, 0) is 33.7 Å². The quantitative estimate of drug-likeness (QED) is 0.312. The van der Waals surface area contributed by atoms with Crippen LogP contribution in [0.15, 0.2) is 60.7 Å². The second-order valence-electron chi connectivity index (χ2n) is 5.82. The minimum Gasteiger partial charge on any atom is -0.505 e. The first-order valence-electron chi connectivity index (χ1n) is 7.58. The Morgan fingerprint density at radius 1 is 0.583 bits per heavy atom. The summed E-state index contributed by atoms with van der Waals surface area (Å²) in [4.78, 5) is 0. The third kappa shape index (κ3) is 1.93. The maximum Gasteiger partial charge on any atom is 0.147 e. The lowest BCUT2D eigenvalue weighted by molar-refractivity contribution is 0.473. The molecule has 0 aliphatic rings. The third-order valence-electron chi connectivity index (χ3n) is 4.35. The van der Waals surface area contributed by atoms with Gasteiger partial charge < -0.3 is 21.7 Å². The summed E-state index contributed by atoms with van der Waals surface area (Å²) in [6.45, 7) is 0. The molecule has 0 bridgehead atoms. The topological polar surface area (TPSA) is 92.5 Å². The van der Waals surface area contributed by atoms with Gasteiger partial charge in [0.25, 0.3) is 0 Å². The van der Waals surface area contributed by atoms with E-state index >= 15 is 0 Å². The number of phenols is 2. The summed E-state index contributed by atoms with van der Waals surface area (Å²) in [6.07, 6.45) is 0. The highest BCUT2D eigenvalue weighted by Gasteiger charge is 2.20. The van der Waals surface area contributed by atoms with Gasteiger partial charge >= 0.3 is 0 Å². The molecule has 4 aromatic rings. The zero-order chi connectivity index (χ0) is 16.8. The summed E-state index contributed by atoms with van der Waals surface area (Å²) in [5.41, 5.74) is 13.5. The maximum absolute atomic E-state index is 10.6. The second-order valence-corrected chi connectivity index (χ2v) is 5.82. The van der Waals surface area contributed by atoms with E-state index in [-0.39, 0.29) is 22.9 Å². The predicted octanol–water partition coefficient (Wildman–Crippen LogP) is 4.24. The highest BCUT2D eigenvalue weighted by molar-refractivity contribution is 6.12.